The highest BCUT2D eigenvalue weighted by Gasteiger charge is 2.43. The Bertz CT molecular complexity index is 1530. The lowest BCUT2D eigenvalue weighted by Gasteiger charge is -2.47. The molecule has 0 radical (unpaired) electrons. The molecule has 0 bridgehead atoms. The van der Waals surface area contributed by atoms with E-state index in [4.69, 9.17) is 5.73 Å². The van der Waals surface area contributed by atoms with Crippen LogP contribution < -0.4 is 5.73 Å². The zero-order chi connectivity index (χ0) is 25.4. The van der Waals surface area contributed by atoms with Gasteiger partial charge in [-0.05, 0) is 60.4 Å². The quantitative estimate of drug-likeness (QED) is 0.357. The first-order chi connectivity index (χ1) is 17.1. The number of carbonyl (C=O) groups excluding carboxylic acids is 1. The lowest BCUT2D eigenvalue weighted by molar-refractivity contribution is -0.137. The molecule has 0 spiro atoms. The molecular weight excluding hydrogens is 474 g/mol. The molecule has 2 aromatic carbocycles. The van der Waals surface area contributed by atoms with Crippen LogP contribution in [0.25, 0.3) is 16.6 Å². The number of rotatable bonds is 1. The monoisotopic (exact) mass is 497 g/mol. The van der Waals surface area contributed by atoms with Crippen molar-refractivity contribution in [2.45, 2.75) is 38.4 Å². The first-order valence-electron chi connectivity index (χ1n) is 11.8. The normalized spacial score (nSPS) is 22.0. The number of nitrogens with zero attached hydrogens (tertiary/aromatic N) is 4. The van der Waals surface area contributed by atoms with E-state index in [2.05, 4.69) is 9.97 Å². The van der Waals surface area contributed by atoms with Crippen LogP contribution in [0.4, 0.5) is 23.4 Å². The van der Waals surface area contributed by atoms with E-state index in [-0.39, 0.29) is 23.2 Å². The topological polar surface area (TPSA) is 76.5 Å². The number of aryl methyl sites for hydroxylation is 1. The van der Waals surface area contributed by atoms with Crippen LogP contribution in [0.5, 0.6) is 0 Å². The molecular formula is C26H23F4N5O. The fourth-order valence-corrected chi connectivity index (χ4v) is 5.97. The van der Waals surface area contributed by atoms with Gasteiger partial charge in [0.25, 0.3) is 5.91 Å². The maximum Gasteiger partial charge on any atom is 0.416 e. The van der Waals surface area contributed by atoms with E-state index in [1.165, 1.54) is 36.8 Å². The van der Waals surface area contributed by atoms with Gasteiger partial charge in [-0.25, -0.2) is 14.4 Å². The molecule has 1 saturated heterocycles. The number of piperidine rings is 1. The summed E-state index contributed by atoms with van der Waals surface area (Å²) in [4.78, 5) is 23.9. The van der Waals surface area contributed by atoms with Crippen molar-refractivity contribution < 1.29 is 22.4 Å². The number of benzene rings is 2. The summed E-state index contributed by atoms with van der Waals surface area (Å²) < 4.78 is 56.9. The Morgan fingerprint density at radius 1 is 1.17 bits per heavy atom. The van der Waals surface area contributed by atoms with Gasteiger partial charge >= 0.3 is 6.18 Å². The van der Waals surface area contributed by atoms with E-state index < -0.39 is 29.5 Å². The van der Waals surface area contributed by atoms with Crippen molar-refractivity contribution in [2.75, 3.05) is 12.3 Å². The third-order valence-electron chi connectivity index (χ3n) is 7.53. The van der Waals surface area contributed by atoms with Gasteiger partial charge in [0.1, 0.15) is 17.2 Å². The molecule has 1 amide bonds. The molecule has 1 aliphatic carbocycles. The van der Waals surface area contributed by atoms with Crippen molar-refractivity contribution in [1.82, 2.24) is 19.3 Å². The highest BCUT2D eigenvalue weighted by molar-refractivity contribution is 5.99. The number of carbonyl (C=O) groups is 1. The Labute approximate surface area is 203 Å². The lowest BCUT2D eigenvalue weighted by atomic mass is 9.72. The summed E-state index contributed by atoms with van der Waals surface area (Å²) in [5.41, 5.74) is 7.78. The number of halogens is 4. The van der Waals surface area contributed by atoms with Gasteiger partial charge in [0.05, 0.1) is 40.7 Å². The SMILES string of the molecule is CC1CC2CCc3cc(C(F)(F)F)ccc3C2N(C(=O)c2cc3c(cc2F)nc(N)c2cncn23)C1. The van der Waals surface area contributed by atoms with Gasteiger partial charge in [0.2, 0.25) is 0 Å². The number of nitrogen functional groups attached to an aromatic ring is 1. The number of nitrogens with two attached hydrogens (primary N) is 1. The fourth-order valence-electron chi connectivity index (χ4n) is 5.97. The minimum atomic E-state index is -4.44. The Morgan fingerprint density at radius 3 is 2.75 bits per heavy atom. The fraction of sp³-hybridized carbons (Fsp3) is 0.346. The van der Waals surface area contributed by atoms with Crippen LogP contribution in [0.2, 0.25) is 0 Å². The van der Waals surface area contributed by atoms with Crippen LogP contribution >= 0.6 is 0 Å². The van der Waals surface area contributed by atoms with Gasteiger partial charge in [-0.15, -0.1) is 0 Å². The van der Waals surface area contributed by atoms with Gasteiger partial charge in [0, 0.05) is 12.6 Å². The van der Waals surface area contributed by atoms with Gasteiger partial charge in [-0.3, -0.25) is 9.20 Å². The second kappa shape index (κ2) is 7.91. The molecule has 10 heteroatoms. The second-order valence-corrected chi connectivity index (χ2v) is 9.92. The summed E-state index contributed by atoms with van der Waals surface area (Å²) in [6, 6.07) is 5.99. The molecule has 2 aromatic heterocycles. The Balaban J connectivity index is 1.46. The van der Waals surface area contributed by atoms with E-state index >= 15 is 4.39 Å². The minimum Gasteiger partial charge on any atom is -0.382 e. The van der Waals surface area contributed by atoms with Crippen molar-refractivity contribution >= 4 is 28.3 Å². The zero-order valence-electron chi connectivity index (χ0n) is 19.4. The highest BCUT2D eigenvalue weighted by Crippen LogP contribution is 2.47. The Morgan fingerprint density at radius 2 is 1.97 bits per heavy atom. The van der Waals surface area contributed by atoms with Crippen LogP contribution in [-0.2, 0) is 12.6 Å². The zero-order valence-corrected chi connectivity index (χ0v) is 19.4. The minimum absolute atomic E-state index is 0.0901. The number of hydrogen-bond acceptors (Lipinski definition) is 4. The summed E-state index contributed by atoms with van der Waals surface area (Å²) in [5.74, 6) is -0.752. The number of anilines is 1. The van der Waals surface area contributed by atoms with Crippen LogP contribution in [0.1, 0.15) is 52.9 Å². The maximum absolute atomic E-state index is 15.3. The van der Waals surface area contributed by atoms with Crippen LogP contribution in [0.15, 0.2) is 42.9 Å². The van der Waals surface area contributed by atoms with Crippen molar-refractivity contribution in [3.05, 3.63) is 70.9 Å². The van der Waals surface area contributed by atoms with Gasteiger partial charge in [0.15, 0.2) is 0 Å². The molecule has 2 aliphatic rings. The van der Waals surface area contributed by atoms with E-state index in [1.54, 1.807) is 9.30 Å². The second-order valence-electron chi connectivity index (χ2n) is 9.92. The average Bonchev–Trinajstić information content (AvgIpc) is 3.32. The van der Waals surface area contributed by atoms with Gasteiger partial charge in [-0.2, -0.15) is 13.2 Å². The predicted molar refractivity (Wildman–Crippen MR) is 126 cm³/mol. The summed E-state index contributed by atoms with van der Waals surface area (Å²) in [6.45, 7) is 2.43. The van der Waals surface area contributed by atoms with Crippen molar-refractivity contribution in [3.8, 4) is 0 Å². The van der Waals surface area contributed by atoms with Crippen LogP contribution in [0.3, 0.4) is 0 Å². The average molecular weight is 497 g/mol. The number of likely N-dealkylation sites (tertiary alicyclic amines) is 1. The maximum atomic E-state index is 15.3. The summed E-state index contributed by atoms with van der Waals surface area (Å²) in [6.07, 6.45) is 0.673. The standard InChI is InChI=1S/C26H23F4N5O/c1-13-6-15-3-2-14-7-16(26(28,29)30)4-5-17(14)23(15)34(11-13)25(36)18-8-21-20(9-19(18)27)33-24(31)22-10-32-12-35(21)22/h4-5,7-10,12-13,15,23H,2-3,6,11H2,1H3,(H2,31,33). The van der Waals surface area contributed by atoms with Crippen molar-refractivity contribution in [2.24, 2.45) is 11.8 Å². The molecule has 1 fully saturated rings. The third kappa shape index (κ3) is 3.50. The Kier molecular flexibility index (Phi) is 5.00. The molecule has 6 nitrogen and oxygen atoms in total. The van der Waals surface area contributed by atoms with E-state index in [1.807, 2.05) is 6.92 Å². The number of alkyl halides is 3. The molecule has 1 aliphatic heterocycles. The molecule has 36 heavy (non-hydrogen) atoms. The van der Waals surface area contributed by atoms with Crippen molar-refractivity contribution in [1.29, 1.82) is 0 Å². The van der Waals surface area contributed by atoms with E-state index in [9.17, 15) is 18.0 Å². The number of amides is 1. The molecule has 0 saturated carbocycles. The number of fused-ring (bicyclic) bond motifs is 6. The highest BCUT2D eigenvalue weighted by atomic mass is 19.4. The molecule has 3 heterocycles. The van der Waals surface area contributed by atoms with Crippen LogP contribution in [0, 0.1) is 17.7 Å². The summed E-state index contributed by atoms with van der Waals surface area (Å²) >= 11 is 0. The van der Waals surface area contributed by atoms with Crippen molar-refractivity contribution in [3.63, 3.8) is 0 Å². The number of aromatic nitrogens is 3. The molecule has 3 unspecified atom stereocenters. The summed E-state index contributed by atoms with van der Waals surface area (Å²) in [5, 5.41) is 0. The molecule has 3 atom stereocenters. The van der Waals surface area contributed by atoms with Gasteiger partial charge in [-0.1, -0.05) is 13.0 Å². The first kappa shape index (κ1) is 22.8. The lowest BCUT2D eigenvalue weighted by Crippen LogP contribution is -2.47. The molecule has 186 valence electrons. The molecule has 4 aromatic rings. The molecule has 6 rings (SSSR count). The van der Waals surface area contributed by atoms with E-state index in [0.717, 1.165) is 12.5 Å². The summed E-state index contributed by atoms with van der Waals surface area (Å²) in [7, 11) is 0. The number of imidazole rings is 1. The van der Waals surface area contributed by atoms with E-state index in [0.29, 0.717) is 47.1 Å². The predicted octanol–water partition coefficient (Wildman–Crippen LogP) is 5.41. The smallest absolute Gasteiger partial charge is 0.382 e. The Hall–Kier alpha value is -3.69. The first-order valence-corrected chi connectivity index (χ1v) is 11.8. The van der Waals surface area contributed by atoms with Crippen LogP contribution in [-0.4, -0.2) is 31.7 Å². The number of hydrogen-bond donors (Lipinski definition) is 1. The molecule has 2 N–H and O–H groups in total. The van der Waals surface area contributed by atoms with Gasteiger partial charge < -0.3 is 10.6 Å². The largest absolute Gasteiger partial charge is 0.416 e. The third-order valence-corrected chi connectivity index (χ3v) is 7.53.